The lowest BCUT2D eigenvalue weighted by Crippen LogP contribution is -2.14. The smallest absolute Gasteiger partial charge is 0.324 e. The minimum atomic E-state index is -4.25. The van der Waals surface area contributed by atoms with Gasteiger partial charge in [-0.15, -0.1) is 0 Å². The second-order valence-corrected chi connectivity index (χ2v) is 4.10. The fraction of sp³-hybridized carbons (Fsp3) is 0.400. The van der Waals surface area contributed by atoms with Crippen molar-refractivity contribution in [2.24, 2.45) is 0 Å². The van der Waals surface area contributed by atoms with Crippen LogP contribution in [0.3, 0.4) is 0 Å². The average Bonchev–Trinajstić information content (AvgIpc) is 2.34. The molecule has 0 aliphatic heterocycles. The molecule has 0 amide bonds. The molecule has 1 aromatic heterocycles. The summed E-state index contributed by atoms with van der Waals surface area (Å²) in [6.45, 7) is -0.162. The molecular formula is C5H8N3O4P. The van der Waals surface area contributed by atoms with Gasteiger partial charge in [0, 0.05) is 0 Å². The Morgan fingerprint density at radius 2 is 2.23 bits per heavy atom. The van der Waals surface area contributed by atoms with Crippen molar-refractivity contribution in [1.82, 2.24) is 14.8 Å². The maximum atomic E-state index is 10.9. The van der Waals surface area contributed by atoms with E-state index in [0.29, 0.717) is 0 Å². The Morgan fingerprint density at radius 3 is 2.69 bits per heavy atom. The molecule has 13 heavy (non-hydrogen) atoms. The number of Topliss-reactive ketones (excluding diaryl/α,β-unsaturated/α-hetero) is 1. The molecule has 1 heterocycles. The number of nitrogens with zero attached hydrogens (tertiary/aromatic N) is 3. The molecule has 72 valence electrons. The fourth-order valence-electron chi connectivity index (χ4n) is 0.775. The van der Waals surface area contributed by atoms with Crippen LogP contribution in [0.25, 0.3) is 0 Å². The number of hydrogen-bond donors (Lipinski definition) is 2. The summed E-state index contributed by atoms with van der Waals surface area (Å²) in [5.41, 5.74) is 0. The lowest BCUT2D eigenvalue weighted by atomic mass is 10.4. The SMILES string of the molecule is O=C(Cn1cncn1)CP(=O)(O)O. The monoisotopic (exact) mass is 205 g/mol. The van der Waals surface area contributed by atoms with Gasteiger partial charge in [-0.2, -0.15) is 5.10 Å². The molecule has 0 fully saturated rings. The van der Waals surface area contributed by atoms with Crippen molar-refractivity contribution >= 4 is 13.4 Å². The predicted octanol–water partition coefficient (Wildman–Crippen LogP) is -0.975. The van der Waals surface area contributed by atoms with E-state index in [-0.39, 0.29) is 6.54 Å². The summed E-state index contributed by atoms with van der Waals surface area (Å²) in [4.78, 5) is 31.4. The van der Waals surface area contributed by atoms with Crippen LogP contribution in [0, 0.1) is 0 Å². The van der Waals surface area contributed by atoms with Gasteiger partial charge in [0.15, 0.2) is 5.78 Å². The van der Waals surface area contributed by atoms with Gasteiger partial charge < -0.3 is 9.79 Å². The third-order valence-electron chi connectivity index (χ3n) is 1.19. The zero-order chi connectivity index (χ0) is 9.90. The summed E-state index contributed by atoms with van der Waals surface area (Å²) in [6, 6.07) is 0. The van der Waals surface area contributed by atoms with Gasteiger partial charge in [-0.3, -0.25) is 9.36 Å². The minimum absolute atomic E-state index is 0.162. The Morgan fingerprint density at radius 1 is 1.54 bits per heavy atom. The third kappa shape index (κ3) is 3.93. The van der Waals surface area contributed by atoms with Crippen molar-refractivity contribution in [2.75, 3.05) is 6.16 Å². The second-order valence-electron chi connectivity index (χ2n) is 2.45. The van der Waals surface area contributed by atoms with Crippen molar-refractivity contribution in [3.63, 3.8) is 0 Å². The summed E-state index contributed by atoms with van der Waals surface area (Å²) in [7, 11) is -4.25. The molecular weight excluding hydrogens is 197 g/mol. The second kappa shape index (κ2) is 3.78. The van der Waals surface area contributed by atoms with Gasteiger partial charge in [-0.05, 0) is 0 Å². The van der Waals surface area contributed by atoms with Crippen LogP contribution in [0.1, 0.15) is 0 Å². The molecule has 0 saturated carbocycles. The van der Waals surface area contributed by atoms with E-state index in [1.54, 1.807) is 0 Å². The molecule has 1 rings (SSSR count). The van der Waals surface area contributed by atoms with Crippen molar-refractivity contribution in [1.29, 1.82) is 0 Å². The molecule has 7 nitrogen and oxygen atoms in total. The van der Waals surface area contributed by atoms with Crippen molar-refractivity contribution in [3.05, 3.63) is 12.7 Å². The Labute approximate surface area is 73.6 Å². The predicted molar refractivity (Wildman–Crippen MR) is 41.9 cm³/mol. The number of hydrogen-bond acceptors (Lipinski definition) is 4. The first-order valence-electron chi connectivity index (χ1n) is 3.36. The molecule has 0 aliphatic carbocycles. The van der Waals surface area contributed by atoms with Gasteiger partial charge in [0.2, 0.25) is 0 Å². The molecule has 0 aromatic carbocycles. The molecule has 8 heteroatoms. The highest BCUT2D eigenvalue weighted by Gasteiger charge is 2.18. The third-order valence-corrected chi connectivity index (χ3v) is 1.95. The summed E-state index contributed by atoms with van der Waals surface area (Å²) in [6.07, 6.45) is 1.79. The number of carbonyl (C=O) groups excluding carboxylic acids is 1. The topological polar surface area (TPSA) is 105 Å². The Hall–Kier alpha value is -1.04. The molecule has 0 radical (unpaired) electrons. The van der Waals surface area contributed by atoms with E-state index >= 15 is 0 Å². The lowest BCUT2D eigenvalue weighted by molar-refractivity contribution is -0.117. The molecule has 1 aromatic rings. The van der Waals surface area contributed by atoms with Crippen LogP contribution in [0.5, 0.6) is 0 Å². The molecule has 0 atom stereocenters. The van der Waals surface area contributed by atoms with E-state index in [4.69, 9.17) is 9.79 Å². The van der Waals surface area contributed by atoms with Gasteiger partial charge in [-0.25, -0.2) is 9.67 Å². The highest BCUT2D eigenvalue weighted by Crippen LogP contribution is 2.33. The molecule has 0 bridgehead atoms. The maximum absolute atomic E-state index is 10.9. The molecule has 0 spiro atoms. The van der Waals surface area contributed by atoms with Crippen LogP contribution < -0.4 is 0 Å². The number of rotatable bonds is 4. The van der Waals surface area contributed by atoms with Gasteiger partial charge in [-0.1, -0.05) is 0 Å². The first kappa shape index (κ1) is 10.0. The van der Waals surface area contributed by atoms with Crippen LogP contribution in [0.4, 0.5) is 0 Å². The van der Waals surface area contributed by atoms with Crippen LogP contribution in [0.15, 0.2) is 12.7 Å². The normalized spacial score (nSPS) is 11.5. The van der Waals surface area contributed by atoms with Crippen LogP contribution in [-0.4, -0.2) is 36.5 Å². The van der Waals surface area contributed by atoms with E-state index in [0.717, 1.165) is 0 Å². The van der Waals surface area contributed by atoms with Crippen molar-refractivity contribution in [2.45, 2.75) is 6.54 Å². The Balaban J connectivity index is 2.48. The minimum Gasteiger partial charge on any atom is -0.324 e. The highest BCUT2D eigenvalue weighted by molar-refractivity contribution is 7.52. The molecule has 0 aliphatic rings. The van der Waals surface area contributed by atoms with Gasteiger partial charge in [0.1, 0.15) is 25.4 Å². The van der Waals surface area contributed by atoms with E-state index in [9.17, 15) is 9.36 Å². The van der Waals surface area contributed by atoms with Gasteiger partial charge in [0.25, 0.3) is 0 Å². The Bertz CT molecular complexity index is 330. The lowest BCUT2D eigenvalue weighted by Gasteiger charge is -2.02. The summed E-state index contributed by atoms with van der Waals surface area (Å²) < 4.78 is 11.6. The van der Waals surface area contributed by atoms with Crippen molar-refractivity contribution in [3.8, 4) is 0 Å². The van der Waals surface area contributed by atoms with Crippen molar-refractivity contribution < 1.29 is 19.1 Å². The van der Waals surface area contributed by atoms with E-state index in [2.05, 4.69) is 10.1 Å². The molecule has 0 saturated heterocycles. The molecule has 0 unspecified atom stereocenters. The largest absolute Gasteiger partial charge is 0.333 e. The summed E-state index contributed by atoms with van der Waals surface area (Å²) in [5, 5.41) is 3.62. The van der Waals surface area contributed by atoms with Gasteiger partial charge >= 0.3 is 7.60 Å². The van der Waals surface area contributed by atoms with E-state index in [1.165, 1.54) is 17.3 Å². The number of carbonyl (C=O) groups is 1. The Kier molecular flexibility index (Phi) is 2.92. The van der Waals surface area contributed by atoms with Gasteiger partial charge in [0.05, 0.1) is 0 Å². The van der Waals surface area contributed by atoms with Crippen LogP contribution in [-0.2, 0) is 15.9 Å². The highest BCUT2D eigenvalue weighted by atomic mass is 31.2. The maximum Gasteiger partial charge on any atom is 0.333 e. The summed E-state index contributed by atoms with van der Waals surface area (Å²) >= 11 is 0. The first-order chi connectivity index (χ1) is 5.97. The first-order valence-corrected chi connectivity index (χ1v) is 5.16. The zero-order valence-electron chi connectivity index (χ0n) is 6.57. The zero-order valence-corrected chi connectivity index (χ0v) is 7.46. The number of ketones is 1. The molecule has 2 N–H and O–H groups in total. The van der Waals surface area contributed by atoms with E-state index < -0.39 is 19.5 Å². The van der Waals surface area contributed by atoms with Crippen LogP contribution in [0.2, 0.25) is 0 Å². The standard InChI is InChI=1S/C5H8N3O4P/c9-5(2-13(10,11)12)1-8-4-6-3-7-8/h3-4H,1-2H2,(H2,10,11,12). The summed E-state index contributed by atoms with van der Waals surface area (Å²) in [5.74, 6) is -0.571. The van der Waals surface area contributed by atoms with E-state index in [1.807, 2.05) is 0 Å². The quantitative estimate of drug-likeness (QED) is 0.612. The number of aromatic nitrogens is 3. The average molecular weight is 205 g/mol. The fourth-order valence-corrected chi connectivity index (χ4v) is 1.33. The van der Waals surface area contributed by atoms with Crippen LogP contribution >= 0.6 is 7.60 Å².